The molecule has 0 N–H and O–H groups in total. The van der Waals surface area contributed by atoms with Crippen molar-refractivity contribution in [2.75, 3.05) is 33.7 Å². The third-order valence-electron chi connectivity index (χ3n) is 3.19. The first-order valence-electron chi connectivity index (χ1n) is 6.68. The first-order chi connectivity index (χ1) is 8.28. The summed E-state index contributed by atoms with van der Waals surface area (Å²) in [5.74, 6) is 6.39. The topological polar surface area (TPSA) is 23.6 Å². The minimum Gasteiger partial charge on any atom is -0.304 e. The molecule has 0 aliphatic carbocycles. The van der Waals surface area contributed by atoms with Crippen molar-refractivity contribution in [2.24, 2.45) is 5.41 Å². The number of carbonyl (C=O) groups is 1. The molecule has 1 fully saturated rings. The quantitative estimate of drug-likeness (QED) is 0.711. The molecular weight excluding hydrogens is 224 g/mol. The third kappa shape index (κ3) is 5.66. The van der Waals surface area contributed by atoms with Gasteiger partial charge in [-0.15, -0.1) is 0 Å². The lowest BCUT2D eigenvalue weighted by molar-refractivity contribution is -0.119. The van der Waals surface area contributed by atoms with Gasteiger partial charge in [-0.25, -0.2) is 0 Å². The smallest absolute Gasteiger partial charge is 0.146 e. The summed E-state index contributed by atoms with van der Waals surface area (Å²) < 4.78 is 0. The lowest BCUT2D eigenvalue weighted by Crippen LogP contribution is -2.50. The van der Waals surface area contributed by atoms with Gasteiger partial charge in [0.15, 0.2) is 0 Å². The van der Waals surface area contributed by atoms with Crippen molar-refractivity contribution in [2.45, 2.75) is 39.7 Å². The highest BCUT2D eigenvalue weighted by Gasteiger charge is 2.23. The van der Waals surface area contributed by atoms with Crippen molar-refractivity contribution < 1.29 is 4.79 Å². The van der Waals surface area contributed by atoms with Crippen LogP contribution in [0.5, 0.6) is 0 Å². The van der Waals surface area contributed by atoms with Crippen LogP contribution in [0.25, 0.3) is 0 Å². The van der Waals surface area contributed by atoms with Gasteiger partial charge in [-0.05, 0) is 34.9 Å². The molecule has 0 saturated carbocycles. The number of nitrogens with zero attached hydrogens (tertiary/aromatic N) is 2. The highest BCUT2D eigenvalue weighted by molar-refractivity contribution is 5.81. The zero-order valence-corrected chi connectivity index (χ0v) is 12.4. The first-order valence-corrected chi connectivity index (χ1v) is 6.68. The van der Waals surface area contributed by atoms with Gasteiger partial charge >= 0.3 is 0 Å². The number of hydrogen-bond acceptors (Lipinski definition) is 3. The molecule has 0 aromatic rings. The maximum Gasteiger partial charge on any atom is 0.146 e. The van der Waals surface area contributed by atoms with Crippen molar-refractivity contribution in [3.63, 3.8) is 0 Å². The number of piperazine rings is 1. The second-order valence-electron chi connectivity index (χ2n) is 6.37. The minimum absolute atomic E-state index is 0.0118. The van der Waals surface area contributed by atoms with Gasteiger partial charge in [0.05, 0.1) is 6.42 Å². The van der Waals surface area contributed by atoms with E-state index in [-0.39, 0.29) is 11.2 Å². The Bertz CT molecular complexity index is 346. The average Bonchev–Trinajstić information content (AvgIpc) is 2.21. The van der Waals surface area contributed by atoms with E-state index in [1.165, 1.54) is 0 Å². The Labute approximate surface area is 112 Å². The van der Waals surface area contributed by atoms with Crippen LogP contribution < -0.4 is 0 Å². The van der Waals surface area contributed by atoms with Crippen molar-refractivity contribution in [1.82, 2.24) is 9.80 Å². The number of rotatable bonds is 3. The molecule has 1 atom stereocenters. The fraction of sp³-hybridized carbons (Fsp3) is 0.800. The average molecular weight is 250 g/mol. The normalized spacial score (nSPS) is 22.4. The number of ketones is 1. The largest absolute Gasteiger partial charge is 0.304 e. The Morgan fingerprint density at radius 1 is 1.28 bits per heavy atom. The summed E-state index contributed by atoms with van der Waals surface area (Å²) in [4.78, 5) is 16.5. The monoisotopic (exact) mass is 250 g/mol. The van der Waals surface area contributed by atoms with E-state index in [9.17, 15) is 4.79 Å². The van der Waals surface area contributed by atoms with Crippen molar-refractivity contribution in [3.8, 4) is 11.8 Å². The molecular formula is C15H26N2O. The molecule has 3 heteroatoms. The zero-order chi connectivity index (χ0) is 13.8. The molecule has 102 valence electrons. The van der Waals surface area contributed by atoms with Crippen LogP contribution in [0.2, 0.25) is 0 Å². The Morgan fingerprint density at radius 3 is 2.56 bits per heavy atom. The molecule has 0 bridgehead atoms. The van der Waals surface area contributed by atoms with Crippen LogP contribution in [0.15, 0.2) is 0 Å². The predicted octanol–water partition coefficient (Wildman–Crippen LogP) is 1.63. The number of Topliss-reactive ketones (excluding diaryl/α,β-unsaturated/α-hetero) is 1. The first kappa shape index (κ1) is 15.2. The van der Waals surface area contributed by atoms with Gasteiger partial charge in [0.25, 0.3) is 0 Å². The van der Waals surface area contributed by atoms with Gasteiger partial charge in [-0.1, -0.05) is 11.8 Å². The Hall–Kier alpha value is -0.850. The molecule has 1 aliphatic heterocycles. The van der Waals surface area contributed by atoms with Crippen LogP contribution in [0.1, 0.15) is 33.6 Å². The van der Waals surface area contributed by atoms with Crippen LogP contribution in [0.4, 0.5) is 0 Å². The van der Waals surface area contributed by atoms with E-state index in [1.807, 2.05) is 0 Å². The number of likely N-dealkylation sites (N-methyl/N-ethyl adjacent to an activating group) is 2. The number of carbonyl (C=O) groups excluding carboxylic acids is 1. The van der Waals surface area contributed by atoms with E-state index in [0.717, 1.165) is 19.6 Å². The van der Waals surface area contributed by atoms with Crippen LogP contribution in [0.3, 0.4) is 0 Å². The lowest BCUT2D eigenvalue weighted by Gasteiger charge is -2.37. The van der Waals surface area contributed by atoms with Gasteiger partial charge in [0, 0.05) is 37.5 Å². The standard InChI is InChI=1S/C15H26N2O/c1-15(2,3)8-6-7-14(18)11-13-12-16(4)9-10-17(13)5/h13H,7,9-12H2,1-5H3. The van der Waals surface area contributed by atoms with E-state index in [2.05, 4.69) is 56.5 Å². The summed E-state index contributed by atoms with van der Waals surface area (Å²) in [6, 6.07) is 0.354. The van der Waals surface area contributed by atoms with Gasteiger partial charge in [-0.2, -0.15) is 0 Å². The minimum atomic E-state index is -0.0118. The summed E-state index contributed by atoms with van der Waals surface area (Å²) in [6.45, 7) is 9.30. The van der Waals surface area contributed by atoms with Crippen LogP contribution >= 0.6 is 0 Å². The maximum atomic E-state index is 11.9. The Balaban J connectivity index is 2.41. The molecule has 0 amide bonds. The summed E-state index contributed by atoms with van der Waals surface area (Å²) in [7, 11) is 4.22. The van der Waals surface area contributed by atoms with E-state index in [1.54, 1.807) is 0 Å². The van der Waals surface area contributed by atoms with E-state index in [0.29, 0.717) is 18.9 Å². The second kappa shape index (κ2) is 6.36. The molecule has 0 spiro atoms. The lowest BCUT2D eigenvalue weighted by atomic mass is 9.97. The molecule has 0 aromatic carbocycles. The summed E-state index contributed by atoms with van der Waals surface area (Å²) in [6.07, 6.45) is 1.02. The molecule has 0 radical (unpaired) electrons. The summed E-state index contributed by atoms with van der Waals surface area (Å²) in [5, 5.41) is 0. The molecule has 1 rings (SSSR count). The van der Waals surface area contributed by atoms with E-state index < -0.39 is 0 Å². The Morgan fingerprint density at radius 2 is 1.94 bits per heavy atom. The zero-order valence-electron chi connectivity index (χ0n) is 12.4. The Kier molecular flexibility index (Phi) is 5.37. The van der Waals surface area contributed by atoms with E-state index in [4.69, 9.17) is 0 Å². The fourth-order valence-electron chi connectivity index (χ4n) is 2.06. The SMILES string of the molecule is CN1CCN(C)C(CC(=O)CC#CC(C)(C)C)C1. The molecule has 1 unspecified atom stereocenters. The molecule has 1 saturated heterocycles. The second-order valence-corrected chi connectivity index (χ2v) is 6.37. The number of hydrogen-bond donors (Lipinski definition) is 0. The highest BCUT2D eigenvalue weighted by atomic mass is 16.1. The van der Waals surface area contributed by atoms with Gasteiger partial charge in [0.1, 0.15) is 5.78 Å². The molecule has 1 aliphatic rings. The molecule has 1 heterocycles. The van der Waals surface area contributed by atoms with Crippen molar-refractivity contribution in [1.29, 1.82) is 0 Å². The van der Waals surface area contributed by atoms with Gasteiger partial charge in [0.2, 0.25) is 0 Å². The van der Waals surface area contributed by atoms with Crippen LogP contribution in [-0.4, -0.2) is 55.4 Å². The maximum absolute atomic E-state index is 11.9. The van der Waals surface area contributed by atoms with Crippen LogP contribution in [0, 0.1) is 17.3 Å². The summed E-state index contributed by atoms with van der Waals surface area (Å²) in [5.41, 5.74) is -0.0118. The van der Waals surface area contributed by atoms with Crippen molar-refractivity contribution >= 4 is 5.78 Å². The highest BCUT2D eigenvalue weighted by Crippen LogP contribution is 2.12. The summed E-state index contributed by atoms with van der Waals surface area (Å²) >= 11 is 0. The molecule has 3 nitrogen and oxygen atoms in total. The molecule has 18 heavy (non-hydrogen) atoms. The van der Waals surface area contributed by atoms with Crippen LogP contribution in [-0.2, 0) is 4.79 Å². The van der Waals surface area contributed by atoms with Crippen molar-refractivity contribution in [3.05, 3.63) is 0 Å². The van der Waals surface area contributed by atoms with E-state index >= 15 is 0 Å². The third-order valence-corrected chi connectivity index (χ3v) is 3.19. The predicted molar refractivity (Wildman–Crippen MR) is 75.4 cm³/mol. The van der Waals surface area contributed by atoms with Gasteiger partial charge in [-0.3, -0.25) is 4.79 Å². The van der Waals surface area contributed by atoms with Gasteiger partial charge < -0.3 is 9.80 Å². The fourth-order valence-corrected chi connectivity index (χ4v) is 2.06. The molecule has 0 aromatic heterocycles.